The molecule has 0 saturated heterocycles. The van der Waals surface area contributed by atoms with Crippen LogP contribution in [0.4, 0.5) is 0 Å². The van der Waals surface area contributed by atoms with Gasteiger partial charge in [-0.15, -0.1) is 0 Å². The van der Waals surface area contributed by atoms with E-state index in [1.807, 2.05) is 44.2 Å². The second-order valence-corrected chi connectivity index (χ2v) is 6.12. The molecule has 0 saturated carbocycles. The van der Waals surface area contributed by atoms with Crippen LogP contribution in [0.3, 0.4) is 0 Å². The summed E-state index contributed by atoms with van der Waals surface area (Å²) < 4.78 is 10.7. The highest BCUT2D eigenvalue weighted by Crippen LogP contribution is 2.19. The molecule has 0 aliphatic heterocycles. The molecule has 1 aromatic rings. The highest BCUT2D eigenvalue weighted by molar-refractivity contribution is 5.87. The molecule has 24 heavy (non-hydrogen) atoms. The van der Waals surface area contributed by atoms with Gasteiger partial charge in [-0.25, -0.2) is 4.79 Å². The summed E-state index contributed by atoms with van der Waals surface area (Å²) in [5.41, 5.74) is 0.920. The minimum atomic E-state index is -0.518. The first-order valence-corrected chi connectivity index (χ1v) is 8.58. The van der Waals surface area contributed by atoms with Crippen molar-refractivity contribution in [1.29, 1.82) is 0 Å². The number of hydrogen-bond donors (Lipinski definition) is 0. The number of carbonyl (C=O) groups excluding carboxylic acids is 2. The first-order valence-electron chi connectivity index (χ1n) is 8.58. The van der Waals surface area contributed by atoms with Crippen molar-refractivity contribution in [3.63, 3.8) is 0 Å². The van der Waals surface area contributed by atoms with Crippen molar-refractivity contribution in [2.24, 2.45) is 5.92 Å². The normalized spacial score (nSPS) is 13.7. The third kappa shape index (κ3) is 7.44. The summed E-state index contributed by atoms with van der Waals surface area (Å²) in [6, 6.07) is 9.51. The molecule has 0 amide bonds. The third-order valence-corrected chi connectivity index (χ3v) is 3.60. The molecule has 0 N–H and O–H groups in total. The minimum Gasteiger partial charge on any atom is -0.463 e. The van der Waals surface area contributed by atoms with Crippen LogP contribution in [0.15, 0.2) is 36.4 Å². The number of benzene rings is 1. The number of unbranched alkanes of at least 4 members (excludes halogenated alkanes) is 1. The van der Waals surface area contributed by atoms with Crippen LogP contribution in [0, 0.1) is 5.92 Å². The molecule has 2 unspecified atom stereocenters. The fourth-order valence-electron chi connectivity index (χ4n) is 2.32. The average Bonchev–Trinajstić information content (AvgIpc) is 2.53. The number of ether oxygens (including phenoxy) is 2. The molecule has 0 aliphatic carbocycles. The Balaban J connectivity index is 2.65. The van der Waals surface area contributed by atoms with Gasteiger partial charge in [-0.2, -0.15) is 0 Å². The average molecular weight is 332 g/mol. The van der Waals surface area contributed by atoms with Crippen molar-refractivity contribution < 1.29 is 19.1 Å². The van der Waals surface area contributed by atoms with E-state index in [1.165, 1.54) is 6.08 Å². The van der Waals surface area contributed by atoms with Gasteiger partial charge in [0.25, 0.3) is 0 Å². The lowest BCUT2D eigenvalue weighted by atomic mass is 9.97. The van der Waals surface area contributed by atoms with E-state index < -0.39 is 18.0 Å². The molecule has 0 aliphatic rings. The predicted octanol–water partition coefficient (Wildman–Crippen LogP) is 4.39. The molecule has 0 spiro atoms. The van der Waals surface area contributed by atoms with E-state index in [2.05, 4.69) is 6.92 Å². The molecule has 0 radical (unpaired) electrons. The van der Waals surface area contributed by atoms with Gasteiger partial charge < -0.3 is 9.47 Å². The van der Waals surface area contributed by atoms with Crippen LogP contribution in [-0.4, -0.2) is 24.1 Å². The molecule has 1 rings (SSSR count). The molecule has 132 valence electrons. The lowest BCUT2D eigenvalue weighted by Crippen LogP contribution is -2.32. The highest BCUT2D eigenvalue weighted by atomic mass is 16.6. The van der Waals surface area contributed by atoms with Crippen LogP contribution in [0.1, 0.15) is 52.5 Å². The first kappa shape index (κ1) is 19.9. The van der Waals surface area contributed by atoms with Crippen molar-refractivity contribution in [2.45, 2.75) is 59.2 Å². The van der Waals surface area contributed by atoms with Crippen molar-refractivity contribution in [2.75, 3.05) is 0 Å². The Kier molecular flexibility index (Phi) is 8.84. The van der Waals surface area contributed by atoms with Crippen molar-refractivity contribution in [3.05, 3.63) is 42.0 Å². The zero-order valence-corrected chi connectivity index (χ0v) is 15.0. The van der Waals surface area contributed by atoms with Gasteiger partial charge >= 0.3 is 11.9 Å². The number of esters is 2. The molecule has 0 fully saturated rings. The van der Waals surface area contributed by atoms with Crippen LogP contribution in [-0.2, 0) is 19.1 Å². The molecule has 0 aromatic heterocycles. The third-order valence-electron chi connectivity index (χ3n) is 3.60. The molecule has 4 nitrogen and oxygen atoms in total. The van der Waals surface area contributed by atoms with Crippen LogP contribution in [0.5, 0.6) is 0 Å². The second kappa shape index (κ2) is 10.6. The van der Waals surface area contributed by atoms with Crippen molar-refractivity contribution in [3.8, 4) is 0 Å². The number of hydrogen-bond acceptors (Lipinski definition) is 4. The Morgan fingerprint density at radius 2 is 1.75 bits per heavy atom. The van der Waals surface area contributed by atoms with Crippen molar-refractivity contribution in [1.82, 2.24) is 0 Å². The maximum atomic E-state index is 12.2. The van der Waals surface area contributed by atoms with E-state index in [0.717, 1.165) is 18.4 Å². The zero-order valence-electron chi connectivity index (χ0n) is 15.0. The van der Waals surface area contributed by atoms with Crippen molar-refractivity contribution >= 4 is 18.0 Å². The maximum absolute atomic E-state index is 12.2. The summed E-state index contributed by atoms with van der Waals surface area (Å²) in [7, 11) is 0. The standard InChI is InChI=1S/C20H28O4/c1-5-6-12-18(20(22)23-15(2)3)16(4)24-19(21)14-13-17-10-8-7-9-11-17/h7-11,13-16,18H,5-6,12H2,1-4H3/b14-13+. The lowest BCUT2D eigenvalue weighted by Gasteiger charge is -2.23. The highest BCUT2D eigenvalue weighted by Gasteiger charge is 2.29. The molecule has 2 atom stereocenters. The second-order valence-electron chi connectivity index (χ2n) is 6.12. The largest absolute Gasteiger partial charge is 0.463 e. The Morgan fingerprint density at radius 3 is 2.33 bits per heavy atom. The molecular formula is C20H28O4. The molecule has 0 heterocycles. The summed E-state index contributed by atoms with van der Waals surface area (Å²) >= 11 is 0. The molecule has 0 bridgehead atoms. The summed E-state index contributed by atoms with van der Waals surface area (Å²) in [4.78, 5) is 24.2. The van der Waals surface area contributed by atoms with Gasteiger partial charge in [0.05, 0.1) is 12.0 Å². The summed E-state index contributed by atoms with van der Waals surface area (Å²) in [6.07, 6.45) is 4.90. The number of rotatable bonds is 9. The van der Waals surface area contributed by atoms with Gasteiger partial charge in [0.15, 0.2) is 0 Å². The predicted molar refractivity (Wildman–Crippen MR) is 95.3 cm³/mol. The van der Waals surface area contributed by atoms with Gasteiger partial charge in [-0.3, -0.25) is 4.79 Å². The van der Waals surface area contributed by atoms with Crippen LogP contribution >= 0.6 is 0 Å². The fraction of sp³-hybridized carbons (Fsp3) is 0.500. The van der Waals surface area contributed by atoms with Gasteiger partial charge in [-0.05, 0) is 38.8 Å². The van der Waals surface area contributed by atoms with E-state index in [0.29, 0.717) is 6.42 Å². The fourth-order valence-corrected chi connectivity index (χ4v) is 2.32. The SMILES string of the molecule is CCCCC(C(=O)OC(C)C)C(C)OC(=O)/C=C/c1ccccc1. The first-order chi connectivity index (χ1) is 11.4. The Morgan fingerprint density at radius 1 is 1.08 bits per heavy atom. The zero-order chi connectivity index (χ0) is 17.9. The van der Waals surface area contributed by atoms with E-state index in [-0.39, 0.29) is 12.1 Å². The van der Waals surface area contributed by atoms with Crippen LogP contribution < -0.4 is 0 Å². The Labute approximate surface area is 144 Å². The van der Waals surface area contributed by atoms with Gasteiger partial charge in [0.2, 0.25) is 0 Å². The Bertz CT molecular complexity index is 534. The molecule has 1 aromatic carbocycles. The topological polar surface area (TPSA) is 52.6 Å². The molecular weight excluding hydrogens is 304 g/mol. The van der Waals surface area contributed by atoms with Crippen LogP contribution in [0.25, 0.3) is 6.08 Å². The van der Waals surface area contributed by atoms with E-state index in [9.17, 15) is 9.59 Å². The van der Waals surface area contributed by atoms with Gasteiger partial charge in [-0.1, -0.05) is 50.1 Å². The number of carbonyl (C=O) groups is 2. The van der Waals surface area contributed by atoms with E-state index in [1.54, 1.807) is 13.0 Å². The lowest BCUT2D eigenvalue weighted by molar-refractivity contribution is -0.161. The Hall–Kier alpha value is -2.10. The molecule has 4 heteroatoms. The minimum absolute atomic E-state index is 0.178. The maximum Gasteiger partial charge on any atom is 0.331 e. The van der Waals surface area contributed by atoms with Crippen LogP contribution in [0.2, 0.25) is 0 Å². The summed E-state index contributed by atoms with van der Waals surface area (Å²) in [5, 5.41) is 0. The summed E-state index contributed by atoms with van der Waals surface area (Å²) in [6.45, 7) is 7.43. The quantitative estimate of drug-likeness (QED) is 0.497. The van der Waals surface area contributed by atoms with Gasteiger partial charge in [0, 0.05) is 6.08 Å². The van der Waals surface area contributed by atoms with E-state index in [4.69, 9.17) is 9.47 Å². The van der Waals surface area contributed by atoms with Gasteiger partial charge in [0.1, 0.15) is 6.10 Å². The smallest absolute Gasteiger partial charge is 0.331 e. The monoisotopic (exact) mass is 332 g/mol. The van der Waals surface area contributed by atoms with E-state index >= 15 is 0 Å². The summed E-state index contributed by atoms with van der Waals surface area (Å²) in [5.74, 6) is -1.18.